The normalized spacial score (nSPS) is 3.80. The fourth-order valence-electron chi connectivity index (χ4n) is 0.0224. The molecule has 0 N–H and O–H groups in total. The molecular formula is C2N3. The molecule has 0 saturated heterocycles. The van der Waals surface area contributed by atoms with Crippen LogP contribution in [0.15, 0.2) is 5.11 Å². The molecular weight excluding hydrogens is 66.0 g/mol. The Kier molecular flexibility index (Phi) is 2.22. The minimum Gasteiger partial charge on any atom is -0.0116 e. The average Bonchev–Trinajstić information content (AvgIpc) is 1.41. The molecule has 0 spiro atoms. The molecule has 0 heterocycles. The predicted octanol–water partition coefficient (Wildman–Crippen LogP) is 0.844. The summed E-state index contributed by atoms with van der Waals surface area (Å²) in [6, 6.07) is 1.48. The van der Waals surface area contributed by atoms with E-state index in [0.717, 1.165) is 0 Å². The quantitative estimate of drug-likeness (QED) is 0.174. The first-order valence-corrected chi connectivity index (χ1v) is 0.874. The smallest absolute Gasteiger partial charge is 0.0116 e. The van der Waals surface area contributed by atoms with Crippen LogP contribution in [-0.2, 0) is 0 Å². The summed E-state index contributed by atoms with van der Waals surface area (Å²) in [4.78, 5) is 2.18. The van der Waals surface area contributed by atoms with Crippen molar-refractivity contribution >= 4 is 0 Å². The second kappa shape index (κ2) is 2.87. The molecule has 5 heavy (non-hydrogen) atoms. The largest absolute Gasteiger partial charge is 0.0127 e. The summed E-state index contributed by atoms with van der Waals surface area (Å²) in [7, 11) is 0. The molecule has 0 aliphatic carbocycles. The summed E-state index contributed by atoms with van der Waals surface area (Å²) < 4.78 is 0. The summed E-state index contributed by atoms with van der Waals surface area (Å²) >= 11 is 0. The van der Waals surface area contributed by atoms with Gasteiger partial charge in [0.1, 0.15) is 0 Å². The zero-order chi connectivity index (χ0) is 4.12. The second-order valence-corrected chi connectivity index (χ2v) is 0.301. The highest BCUT2D eigenvalue weighted by Gasteiger charge is 1.38. The first-order chi connectivity index (χ1) is 2.41. The van der Waals surface area contributed by atoms with E-state index < -0.39 is 0 Å². The number of nitrogens with zero attached hydrogens (tertiary/aromatic N) is 3. The highest BCUT2D eigenvalue weighted by molar-refractivity contribution is 4.69. The lowest BCUT2D eigenvalue weighted by atomic mass is 11.2. The van der Waals surface area contributed by atoms with E-state index >= 15 is 0 Å². The molecule has 0 amide bonds. The van der Waals surface area contributed by atoms with Crippen molar-refractivity contribution in [3.63, 3.8) is 0 Å². The van der Waals surface area contributed by atoms with Gasteiger partial charge in [0, 0.05) is 11.0 Å². The summed E-state index contributed by atoms with van der Waals surface area (Å²) in [5, 5.41) is 2.57. The van der Waals surface area contributed by atoms with Gasteiger partial charge >= 0.3 is 0 Å². The van der Waals surface area contributed by atoms with E-state index in [0.29, 0.717) is 0 Å². The number of hydrogen-bond donors (Lipinski definition) is 0. The van der Waals surface area contributed by atoms with Gasteiger partial charge in [-0.3, -0.25) is 0 Å². The Morgan fingerprint density at radius 3 is 2.60 bits per heavy atom. The van der Waals surface area contributed by atoms with Gasteiger partial charge in [0.25, 0.3) is 0 Å². The topological polar surface area (TPSA) is 48.8 Å². The highest BCUT2D eigenvalue weighted by atomic mass is 15.1. The summed E-state index contributed by atoms with van der Waals surface area (Å²) in [6.45, 7) is 0. The van der Waals surface area contributed by atoms with E-state index in [1.165, 1.54) is 6.04 Å². The van der Waals surface area contributed by atoms with Crippen molar-refractivity contribution in [2.24, 2.45) is 5.11 Å². The van der Waals surface area contributed by atoms with Gasteiger partial charge in [0.2, 0.25) is 0 Å². The van der Waals surface area contributed by atoms with Crippen molar-refractivity contribution in [3.05, 3.63) is 16.9 Å². The summed E-state index contributed by atoms with van der Waals surface area (Å²) in [6.07, 6.45) is 5.93. The second-order valence-electron chi connectivity index (χ2n) is 0.301. The summed E-state index contributed by atoms with van der Waals surface area (Å²) in [5.74, 6) is 0. The molecule has 0 rings (SSSR count). The lowest BCUT2D eigenvalue weighted by molar-refractivity contribution is 1.61. The van der Waals surface area contributed by atoms with Crippen molar-refractivity contribution in [3.8, 4) is 6.04 Å². The molecule has 0 aromatic rings. The molecule has 0 aromatic heterocycles. The Morgan fingerprint density at radius 1 is 2.00 bits per heavy atom. The van der Waals surface area contributed by atoms with Gasteiger partial charge in [0.15, 0.2) is 0 Å². The third-order valence-electron chi connectivity index (χ3n) is 0.0947. The minimum atomic E-state index is 1.48. The standard InChI is InChI=1S/C2N3/c1-2-4-5-3. The fourth-order valence-corrected chi connectivity index (χ4v) is 0.0224. The van der Waals surface area contributed by atoms with E-state index in [-0.39, 0.29) is 0 Å². The Balaban J connectivity index is 3.46. The van der Waals surface area contributed by atoms with Crippen LogP contribution in [0.1, 0.15) is 0 Å². The van der Waals surface area contributed by atoms with Crippen LogP contribution >= 0.6 is 0 Å². The molecule has 0 fully saturated rings. The first-order valence-electron chi connectivity index (χ1n) is 0.874. The Bertz CT molecular complexity index is 92.0. The van der Waals surface area contributed by atoms with Crippen molar-refractivity contribution < 1.29 is 0 Å². The zero-order valence-electron chi connectivity index (χ0n) is 2.34. The van der Waals surface area contributed by atoms with Gasteiger partial charge in [-0.15, -0.1) is 0 Å². The Labute approximate surface area is 29.2 Å². The fraction of sp³-hybridized carbons (Fsp3) is 0. The molecule has 0 aromatic carbocycles. The molecule has 3 heteroatoms. The molecule has 0 saturated carbocycles. The van der Waals surface area contributed by atoms with Gasteiger partial charge < -0.3 is 0 Å². The van der Waals surface area contributed by atoms with Gasteiger partial charge in [-0.1, -0.05) is 0 Å². The van der Waals surface area contributed by atoms with E-state index in [9.17, 15) is 0 Å². The number of rotatable bonds is 0. The van der Waals surface area contributed by atoms with Gasteiger partial charge in [-0.25, -0.2) is 0 Å². The van der Waals surface area contributed by atoms with E-state index in [2.05, 4.69) is 10.0 Å². The van der Waals surface area contributed by atoms with Crippen LogP contribution in [0.4, 0.5) is 0 Å². The van der Waals surface area contributed by atoms with Crippen LogP contribution in [-0.4, -0.2) is 0 Å². The monoisotopic (exact) mass is 66.0 g/mol. The molecule has 0 aliphatic heterocycles. The SMILES string of the molecule is [C]#CN=[N+]=[N-]. The molecule has 1 radical (unpaired) electrons. The van der Waals surface area contributed by atoms with Gasteiger partial charge in [-0.05, 0) is 17.1 Å². The van der Waals surface area contributed by atoms with E-state index in [1.54, 1.807) is 0 Å². The minimum absolute atomic E-state index is 1.48. The third-order valence-corrected chi connectivity index (χ3v) is 0.0947. The number of azide groups is 1. The molecule has 0 unspecified atom stereocenters. The van der Waals surface area contributed by atoms with Gasteiger partial charge in [-0.2, -0.15) is 0 Å². The lowest BCUT2D eigenvalue weighted by Crippen LogP contribution is -1.24. The van der Waals surface area contributed by atoms with Crippen LogP contribution < -0.4 is 0 Å². The maximum Gasteiger partial charge on any atom is 0.0127 e. The van der Waals surface area contributed by atoms with Crippen LogP contribution in [0.3, 0.4) is 0 Å². The average molecular weight is 66.0 g/mol. The predicted molar refractivity (Wildman–Crippen MR) is 16.3 cm³/mol. The molecule has 3 nitrogen and oxygen atoms in total. The molecule has 0 bridgehead atoms. The van der Waals surface area contributed by atoms with Crippen molar-refractivity contribution in [2.75, 3.05) is 0 Å². The molecule has 0 aliphatic rings. The van der Waals surface area contributed by atoms with Crippen molar-refractivity contribution in [2.45, 2.75) is 0 Å². The van der Waals surface area contributed by atoms with E-state index in [1.807, 2.05) is 0 Å². The van der Waals surface area contributed by atoms with Crippen molar-refractivity contribution in [1.29, 1.82) is 0 Å². The molecule has 23 valence electrons. The maximum atomic E-state index is 7.34. The first kappa shape index (κ1) is 3.87. The van der Waals surface area contributed by atoms with Crippen LogP contribution in [0.25, 0.3) is 10.4 Å². The number of hydrogen-bond acceptors (Lipinski definition) is 1. The van der Waals surface area contributed by atoms with Crippen LogP contribution in [0.2, 0.25) is 0 Å². The summed E-state index contributed by atoms with van der Waals surface area (Å²) in [5.41, 5.74) is 7.34. The lowest BCUT2D eigenvalue weighted by Gasteiger charge is -1.38. The third kappa shape index (κ3) is 2.87. The maximum absolute atomic E-state index is 7.34. The zero-order valence-corrected chi connectivity index (χ0v) is 2.34. The van der Waals surface area contributed by atoms with Crippen molar-refractivity contribution in [1.82, 2.24) is 0 Å². The molecule has 0 atom stereocenters. The highest BCUT2D eigenvalue weighted by Crippen LogP contribution is 1.54. The van der Waals surface area contributed by atoms with Crippen LogP contribution in [0, 0.1) is 12.5 Å². The van der Waals surface area contributed by atoms with E-state index in [4.69, 9.17) is 12.0 Å². The van der Waals surface area contributed by atoms with Gasteiger partial charge in [0.05, 0.1) is 0 Å². The van der Waals surface area contributed by atoms with Crippen LogP contribution in [0.5, 0.6) is 0 Å². The Hall–Kier alpha value is -1.13. The Morgan fingerprint density at radius 2 is 2.60 bits per heavy atom.